The van der Waals surface area contributed by atoms with Gasteiger partial charge in [0.05, 0.1) is 151 Å². The number of amides is 3. The normalized spacial score (nSPS) is 14.2. The molecular formula is C55H75F4N7O19S. The van der Waals surface area contributed by atoms with Gasteiger partial charge in [-0.3, -0.25) is 28.6 Å². The SMILES string of the molecule is CCCN(OCC)C(=O)C1=Cc2ccc(-c3cnc(C(=O)N4CCC[C@@H]4C(=O)NCCOCCOCCOCCOCCOCCOCCOCCOCCOCCOCCC(=O)Oc4c(F)c(F)c(S(=O)(=O)O)c(F)c4F)nc3)cc2N=C(N)C1. The summed E-state index contributed by atoms with van der Waals surface area (Å²) >= 11 is 0. The molecular weight excluding hydrogens is 1170 g/mol. The molecule has 86 heavy (non-hydrogen) atoms. The first-order valence-electron chi connectivity index (χ1n) is 27.9. The summed E-state index contributed by atoms with van der Waals surface area (Å²) in [4.78, 5) is 69.8. The maximum absolute atomic E-state index is 14.0. The zero-order valence-electron chi connectivity index (χ0n) is 48.1. The minimum atomic E-state index is -5.65. The van der Waals surface area contributed by atoms with Crippen LogP contribution >= 0.6 is 0 Å². The molecule has 5 rings (SSSR count). The van der Waals surface area contributed by atoms with Gasteiger partial charge < -0.3 is 68.1 Å². The summed E-state index contributed by atoms with van der Waals surface area (Å²) in [5.74, 6) is -13.4. The number of ether oxygens (including phenoxy) is 11. The number of halogens is 4. The first kappa shape index (κ1) is 70.6. The number of carbonyl (C=O) groups excluding carboxylic acids is 4. The number of esters is 1. The van der Waals surface area contributed by atoms with E-state index in [1.54, 1.807) is 18.5 Å². The molecule has 0 saturated carbocycles. The Morgan fingerprint density at radius 3 is 1.66 bits per heavy atom. The summed E-state index contributed by atoms with van der Waals surface area (Å²) in [5.41, 5.74) is 9.39. The smallest absolute Gasteiger partial charge is 0.313 e. The van der Waals surface area contributed by atoms with Gasteiger partial charge in [-0.1, -0.05) is 19.1 Å². The number of hydrogen-bond donors (Lipinski definition) is 3. The van der Waals surface area contributed by atoms with Crippen LogP contribution in [0.3, 0.4) is 0 Å². The molecule has 3 aromatic rings. The van der Waals surface area contributed by atoms with Gasteiger partial charge in [-0.25, -0.2) is 28.8 Å². The number of fused-ring (bicyclic) bond motifs is 1. The number of amidine groups is 1. The molecule has 4 N–H and O–H groups in total. The second-order valence-corrected chi connectivity index (χ2v) is 19.9. The fraction of sp³-hybridized carbons (Fsp3) is 0.582. The van der Waals surface area contributed by atoms with Gasteiger partial charge in [0.2, 0.25) is 29.1 Å². The van der Waals surface area contributed by atoms with Crippen molar-refractivity contribution >= 4 is 51.4 Å². The Kier molecular flexibility index (Phi) is 31.9. The fourth-order valence-corrected chi connectivity index (χ4v) is 8.76. The highest BCUT2D eigenvalue weighted by Gasteiger charge is 2.36. The number of hydroxylamine groups is 2. The Hall–Kier alpha value is -6.20. The number of aromatic nitrogens is 2. The number of hydrogen-bond acceptors (Lipinski definition) is 22. The van der Waals surface area contributed by atoms with E-state index in [0.29, 0.717) is 142 Å². The van der Waals surface area contributed by atoms with Crippen LogP contribution < -0.4 is 15.8 Å². The molecule has 2 aromatic carbocycles. The van der Waals surface area contributed by atoms with Crippen LogP contribution in [0.1, 0.15) is 62.1 Å². The first-order chi connectivity index (χ1) is 41.5. The number of aliphatic imine (C=N–C) groups is 1. The Morgan fingerprint density at radius 2 is 1.19 bits per heavy atom. The van der Waals surface area contributed by atoms with Gasteiger partial charge in [-0.2, -0.15) is 17.2 Å². The number of likely N-dealkylation sites (tertiary alicyclic amines) is 1. The van der Waals surface area contributed by atoms with Crippen molar-refractivity contribution in [2.24, 2.45) is 10.7 Å². The Labute approximate surface area is 495 Å². The Bertz CT molecular complexity index is 2770. The summed E-state index contributed by atoms with van der Waals surface area (Å²) < 4.78 is 145. The third-order valence-electron chi connectivity index (χ3n) is 12.2. The van der Waals surface area contributed by atoms with Crippen molar-refractivity contribution in [1.29, 1.82) is 0 Å². The summed E-state index contributed by atoms with van der Waals surface area (Å²) in [5, 5.41) is 4.21. The molecule has 3 amide bonds. The van der Waals surface area contributed by atoms with E-state index >= 15 is 0 Å². The lowest BCUT2D eigenvalue weighted by atomic mass is 10.0. The monoisotopic (exact) mass is 1250 g/mol. The highest BCUT2D eigenvalue weighted by atomic mass is 32.2. The molecule has 0 radical (unpaired) electrons. The average Bonchev–Trinajstić information content (AvgIpc) is 1.29. The maximum Gasteiger partial charge on any atom is 0.313 e. The van der Waals surface area contributed by atoms with Crippen LogP contribution in [0.2, 0.25) is 0 Å². The lowest BCUT2D eigenvalue weighted by Crippen LogP contribution is -2.47. The number of rotatable bonds is 43. The van der Waals surface area contributed by atoms with E-state index in [0.717, 1.165) is 17.5 Å². The summed E-state index contributed by atoms with van der Waals surface area (Å²) in [6, 6.07) is 4.86. The lowest BCUT2D eigenvalue weighted by Gasteiger charge is -2.23. The van der Waals surface area contributed by atoms with E-state index in [-0.39, 0.29) is 76.1 Å². The molecule has 31 heteroatoms. The van der Waals surface area contributed by atoms with Crippen LogP contribution in [0.15, 0.2) is 46.1 Å². The molecule has 2 aliphatic heterocycles. The first-order valence-corrected chi connectivity index (χ1v) is 29.3. The molecule has 0 unspecified atom stereocenters. The highest BCUT2D eigenvalue weighted by molar-refractivity contribution is 7.85. The van der Waals surface area contributed by atoms with Gasteiger partial charge in [0.1, 0.15) is 11.9 Å². The van der Waals surface area contributed by atoms with Crippen molar-refractivity contribution in [3.05, 3.63) is 70.8 Å². The minimum Gasteiger partial charge on any atom is -0.420 e. The summed E-state index contributed by atoms with van der Waals surface area (Å²) in [6.45, 7) is 10.8. The molecule has 2 aliphatic rings. The number of nitrogens with one attached hydrogen (secondary N) is 1. The van der Waals surface area contributed by atoms with Gasteiger partial charge in [0.25, 0.3) is 11.8 Å². The van der Waals surface area contributed by atoms with Crippen molar-refractivity contribution in [2.75, 3.05) is 158 Å². The van der Waals surface area contributed by atoms with Crippen LogP contribution in [0.4, 0.5) is 23.2 Å². The van der Waals surface area contributed by atoms with E-state index in [1.807, 2.05) is 32.0 Å². The van der Waals surface area contributed by atoms with Crippen LogP contribution in [-0.4, -0.2) is 227 Å². The zero-order chi connectivity index (χ0) is 62.1. The average molecular weight is 1250 g/mol. The van der Waals surface area contributed by atoms with E-state index < -0.39 is 68.4 Å². The van der Waals surface area contributed by atoms with E-state index in [2.05, 4.69) is 25.0 Å². The third kappa shape index (κ3) is 23.8. The number of benzene rings is 2. The van der Waals surface area contributed by atoms with E-state index in [9.17, 15) is 45.2 Å². The van der Waals surface area contributed by atoms with Gasteiger partial charge in [-0.05, 0) is 43.9 Å². The fourth-order valence-electron chi connectivity index (χ4n) is 8.12. The van der Waals surface area contributed by atoms with Gasteiger partial charge in [-0.15, -0.1) is 0 Å². The lowest BCUT2D eigenvalue weighted by molar-refractivity contribution is -0.180. The van der Waals surface area contributed by atoms with E-state index in [1.165, 1.54) is 9.96 Å². The third-order valence-corrected chi connectivity index (χ3v) is 13.1. The van der Waals surface area contributed by atoms with Crippen LogP contribution in [0.5, 0.6) is 5.75 Å². The number of nitrogens with zero attached hydrogens (tertiary/aromatic N) is 5. The maximum atomic E-state index is 14.0. The van der Waals surface area contributed by atoms with Crippen molar-refractivity contribution in [3.8, 4) is 16.9 Å². The molecule has 1 atom stereocenters. The van der Waals surface area contributed by atoms with Crippen LogP contribution in [-0.2, 0) is 76.7 Å². The molecule has 26 nitrogen and oxygen atoms in total. The number of carbonyl (C=O) groups is 4. The quantitative estimate of drug-likeness (QED) is 0.0138. The molecule has 0 aliphatic carbocycles. The molecule has 478 valence electrons. The Balaban J connectivity index is 0.766. The number of nitrogens with two attached hydrogens (primary N) is 1. The predicted octanol–water partition coefficient (Wildman–Crippen LogP) is 3.80. The topological polar surface area (TPSA) is 316 Å². The zero-order valence-corrected chi connectivity index (χ0v) is 48.9. The second kappa shape index (κ2) is 38.9. The molecule has 0 bridgehead atoms. The van der Waals surface area contributed by atoms with Gasteiger partial charge in [0, 0.05) is 55.1 Å². The summed E-state index contributed by atoms with van der Waals surface area (Å²) in [6.07, 6.45) is 6.36. The Morgan fingerprint density at radius 1 is 0.698 bits per heavy atom. The van der Waals surface area contributed by atoms with Crippen molar-refractivity contribution in [1.82, 2.24) is 25.2 Å². The van der Waals surface area contributed by atoms with Crippen molar-refractivity contribution in [3.63, 3.8) is 0 Å². The molecule has 0 spiro atoms. The van der Waals surface area contributed by atoms with Crippen LogP contribution in [0.25, 0.3) is 17.2 Å². The molecule has 1 saturated heterocycles. The largest absolute Gasteiger partial charge is 0.420 e. The minimum absolute atomic E-state index is 0.0122. The van der Waals surface area contributed by atoms with Crippen LogP contribution in [0, 0.1) is 23.3 Å². The highest BCUT2D eigenvalue weighted by Crippen LogP contribution is 2.34. The second-order valence-electron chi connectivity index (χ2n) is 18.5. The molecule has 3 heterocycles. The molecule has 1 aromatic heterocycles. The van der Waals surface area contributed by atoms with Crippen molar-refractivity contribution < 1.29 is 107 Å². The summed E-state index contributed by atoms with van der Waals surface area (Å²) in [7, 11) is -5.65. The molecule has 1 fully saturated rings. The standard InChI is InChI=1S/C55H75F4N7O19S/c1-3-11-66(84-4-2)54(69)40-33-39-8-7-38(34-42(39)64-44(60)35-40)41-36-62-52(63-37-41)55(70)65-12-5-6-43(65)53(68)61-10-14-75-16-18-77-20-22-79-24-26-81-28-30-83-32-31-82-29-27-80-25-23-78-21-19-76-17-15-74-13-9-45(67)85-50-46(56)48(58)51(86(71,72)73)49(59)47(50)57/h7-8,33-34,36-37,43H,3-6,9-32,35H2,1-2H3,(H2,60,64)(H,61,68)(H,71,72,73)/t43-/m1/s1. The van der Waals surface area contributed by atoms with Crippen molar-refractivity contribution in [2.45, 2.75) is 56.9 Å². The van der Waals surface area contributed by atoms with E-state index in [4.69, 9.17) is 62.5 Å². The van der Waals surface area contributed by atoms with Gasteiger partial charge in [0.15, 0.2) is 16.5 Å². The van der Waals surface area contributed by atoms with Gasteiger partial charge >= 0.3 is 16.1 Å². The predicted molar refractivity (Wildman–Crippen MR) is 297 cm³/mol.